The first kappa shape index (κ1) is 16.3. The van der Waals surface area contributed by atoms with Crippen LogP contribution in [0.1, 0.15) is 18.4 Å². The average Bonchev–Trinajstić information content (AvgIpc) is 2.63. The maximum absolute atomic E-state index is 12.7. The van der Waals surface area contributed by atoms with Crippen LogP contribution in [0.4, 0.5) is 5.69 Å². The Morgan fingerprint density at radius 2 is 1.96 bits per heavy atom. The number of rotatable bonds is 4. The Morgan fingerprint density at radius 3 is 2.70 bits per heavy atom. The molecule has 0 atom stereocenters. The van der Waals surface area contributed by atoms with Crippen molar-refractivity contribution in [2.45, 2.75) is 19.4 Å². The first-order chi connectivity index (χ1) is 11.3. The number of ether oxygens (including phenoxy) is 1. The summed E-state index contributed by atoms with van der Waals surface area (Å²) in [6.45, 7) is 5.97. The van der Waals surface area contributed by atoms with Gasteiger partial charge in [-0.05, 0) is 37.6 Å². The van der Waals surface area contributed by atoms with E-state index in [-0.39, 0.29) is 11.8 Å². The van der Waals surface area contributed by atoms with E-state index in [4.69, 9.17) is 4.74 Å². The minimum atomic E-state index is 0.178. The van der Waals surface area contributed by atoms with E-state index in [1.54, 1.807) is 0 Å². The molecule has 2 saturated heterocycles. The number of nitrogens with zero attached hydrogens (tertiary/aromatic N) is 2. The van der Waals surface area contributed by atoms with E-state index in [9.17, 15) is 4.79 Å². The molecule has 1 aromatic carbocycles. The number of para-hydroxylation sites is 1. The lowest BCUT2D eigenvalue weighted by Crippen LogP contribution is -2.40. The molecule has 0 bridgehead atoms. The van der Waals surface area contributed by atoms with E-state index in [1.165, 1.54) is 11.3 Å². The Kier molecular flexibility index (Phi) is 5.51. The van der Waals surface area contributed by atoms with Gasteiger partial charge in [-0.15, -0.1) is 0 Å². The summed E-state index contributed by atoms with van der Waals surface area (Å²) in [6, 6.07) is 8.42. The molecule has 0 aromatic heterocycles. The molecule has 1 amide bonds. The Balaban J connectivity index is 1.67. The van der Waals surface area contributed by atoms with Crippen LogP contribution >= 0.6 is 0 Å². The van der Waals surface area contributed by atoms with Crippen molar-refractivity contribution in [3.05, 3.63) is 29.8 Å². The van der Waals surface area contributed by atoms with Crippen molar-refractivity contribution >= 4 is 11.6 Å². The monoisotopic (exact) mass is 317 g/mol. The molecule has 2 aliphatic rings. The third-order valence-corrected chi connectivity index (χ3v) is 4.82. The molecule has 2 aliphatic heterocycles. The van der Waals surface area contributed by atoms with Gasteiger partial charge in [-0.25, -0.2) is 0 Å². The molecular weight excluding hydrogens is 290 g/mol. The topological polar surface area (TPSA) is 44.8 Å². The minimum Gasteiger partial charge on any atom is -0.378 e. The molecule has 1 N–H and O–H groups in total. The molecule has 2 fully saturated rings. The molecule has 23 heavy (non-hydrogen) atoms. The number of amides is 1. The zero-order chi connectivity index (χ0) is 16.1. The van der Waals surface area contributed by atoms with Gasteiger partial charge < -0.3 is 19.9 Å². The van der Waals surface area contributed by atoms with Gasteiger partial charge in [0.05, 0.1) is 13.2 Å². The van der Waals surface area contributed by atoms with E-state index >= 15 is 0 Å². The quantitative estimate of drug-likeness (QED) is 0.914. The van der Waals surface area contributed by atoms with Gasteiger partial charge >= 0.3 is 0 Å². The Bertz CT molecular complexity index is 523. The summed E-state index contributed by atoms with van der Waals surface area (Å²) in [5.41, 5.74) is 2.46. The Hall–Kier alpha value is -1.59. The highest BCUT2D eigenvalue weighted by molar-refractivity contribution is 5.79. The van der Waals surface area contributed by atoms with Gasteiger partial charge in [0.1, 0.15) is 0 Å². The second kappa shape index (κ2) is 7.79. The van der Waals surface area contributed by atoms with Gasteiger partial charge in [-0.3, -0.25) is 4.79 Å². The van der Waals surface area contributed by atoms with E-state index < -0.39 is 0 Å². The summed E-state index contributed by atoms with van der Waals surface area (Å²) in [5, 5.41) is 3.32. The van der Waals surface area contributed by atoms with Crippen LogP contribution in [0, 0.1) is 5.92 Å². The fourth-order valence-corrected chi connectivity index (χ4v) is 3.47. The van der Waals surface area contributed by atoms with Gasteiger partial charge in [0, 0.05) is 38.3 Å². The molecule has 0 unspecified atom stereocenters. The van der Waals surface area contributed by atoms with Crippen molar-refractivity contribution in [3.8, 4) is 0 Å². The average molecular weight is 317 g/mol. The van der Waals surface area contributed by atoms with Gasteiger partial charge in [-0.1, -0.05) is 18.2 Å². The van der Waals surface area contributed by atoms with Gasteiger partial charge in [0.2, 0.25) is 5.91 Å². The number of carbonyl (C=O) groups excluding carboxylic acids is 1. The third kappa shape index (κ3) is 4.03. The zero-order valence-electron chi connectivity index (χ0n) is 14.0. The van der Waals surface area contributed by atoms with Crippen molar-refractivity contribution in [2.75, 3.05) is 51.3 Å². The molecule has 2 heterocycles. The summed E-state index contributed by atoms with van der Waals surface area (Å²) in [7, 11) is 1.93. The number of piperidine rings is 1. The molecule has 5 heteroatoms. The SMILES string of the molecule is CN(Cc1ccccc1N1CCOCC1)C(=O)C1CCNCC1. The summed E-state index contributed by atoms with van der Waals surface area (Å²) in [4.78, 5) is 16.9. The second-order valence-corrected chi connectivity index (χ2v) is 6.45. The molecule has 0 spiro atoms. The van der Waals surface area contributed by atoms with Crippen molar-refractivity contribution in [1.82, 2.24) is 10.2 Å². The number of benzene rings is 1. The summed E-state index contributed by atoms with van der Waals surface area (Å²) in [5.74, 6) is 0.458. The highest BCUT2D eigenvalue weighted by Crippen LogP contribution is 2.24. The summed E-state index contributed by atoms with van der Waals surface area (Å²) in [6.07, 6.45) is 1.91. The second-order valence-electron chi connectivity index (χ2n) is 6.45. The first-order valence-electron chi connectivity index (χ1n) is 8.62. The standard InChI is InChI=1S/C18H27N3O2/c1-20(18(22)15-6-8-19-9-7-15)14-16-4-2-3-5-17(16)21-10-12-23-13-11-21/h2-5,15,19H,6-14H2,1H3. The maximum Gasteiger partial charge on any atom is 0.225 e. The largest absolute Gasteiger partial charge is 0.378 e. The van der Waals surface area contributed by atoms with Crippen LogP contribution in [-0.4, -0.2) is 57.2 Å². The molecular formula is C18H27N3O2. The van der Waals surface area contributed by atoms with Crippen LogP contribution in [-0.2, 0) is 16.1 Å². The number of carbonyl (C=O) groups is 1. The Labute approximate surface area is 138 Å². The Morgan fingerprint density at radius 1 is 1.26 bits per heavy atom. The molecule has 3 rings (SSSR count). The smallest absolute Gasteiger partial charge is 0.225 e. The van der Waals surface area contributed by atoms with Crippen molar-refractivity contribution < 1.29 is 9.53 Å². The van der Waals surface area contributed by atoms with Gasteiger partial charge in [0.25, 0.3) is 0 Å². The minimum absolute atomic E-state index is 0.178. The van der Waals surface area contributed by atoms with E-state index in [1.807, 2.05) is 11.9 Å². The van der Waals surface area contributed by atoms with E-state index in [2.05, 4.69) is 34.5 Å². The van der Waals surface area contributed by atoms with Crippen LogP contribution in [0.15, 0.2) is 24.3 Å². The number of anilines is 1. The summed E-state index contributed by atoms with van der Waals surface area (Å²) >= 11 is 0. The third-order valence-electron chi connectivity index (χ3n) is 4.82. The fraction of sp³-hybridized carbons (Fsp3) is 0.611. The van der Waals surface area contributed by atoms with Crippen LogP contribution in [0.5, 0.6) is 0 Å². The molecule has 126 valence electrons. The van der Waals surface area contributed by atoms with Gasteiger partial charge in [0.15, 0.2) is 0 Å². The lowest BCUT2D eigenvalue weighted by atomic mass is 9.96. The molecule has 0 aliphatic carbocycles. The van der Waals surface area contributed by atoms with Gasteiger partial charge in [-0.2, -0.15) is 0 Å². The molecule has 5 nitrogen and oxygen atoms in total. The predicted octanol–water partition coefficient (Wildman–Crippen LogP) is 1.48. The maximum atomic E-state index is 12.7. The van der Waals surface area contributed by atoms with Crippen LogP contribution in [0.3, 0.4) is 0 Å². The number of nitrogens with one attached hydrogen (secondary N) is 1. The van der Waals surface area contributed by atoms with E-state index in [0.29, 0.717) is 6.54 Å². The highest BCUT2D eigenvalue weighted by Gasteiger charge is 2.24. The molecule has 0 radical (unpaired) electrons. The number of morpholine rings is 1. The first-order valence-corrected chi connectivity index (χ1v) is 8.62. The number of hydrogen-bond donors (Lipinski definition) is 1. The zero-order valence-corrected chi connectivity index (χ0v) is 14.0. The highest BCUT2D eigenvalue weighted by atomic mass is 16.5. The normalized spacial score (nSPS) is 19.6. The summed E-state index contributed by atoms with van der Waals surface area (Å²) < 4.78 is 5.45. The molecule has 1 aromatic rings. The molecule has 0 saturated carbocycles. The van der Waals surface area contributed by atoms with Crippen LogP contribution in [0.2, 0.25) is 0 Å². The number of hydrogen-bond acceptors (Lipinski definition) is 4. The van der Waals surface area contributed by atoms with Crippen molar-refractivity contribution in [2.24, 2.45) is 5.92 Å². The van der Waals surface area contributed by atoms with Crippen LogP contribution in [0.25, 0.3) is 0 Å². The van der Waals surface area contributed by atoms with Crippen molar-refractivity contribution in [3.63, 3.8) is 0 Å². The fourth-order valence-electron chi connectivity index (χ4n) is 3.47. The predicted molar refractivity (Wildman–Crippen MR) is 91.5 cm³/mol. The van der Waals surface area contributed by atoms with E-state index in [0.717, 1.165) is 52.2 Å². The lowest BCUT2D eigenvalue weighted by molar-refractivity contribution is -0.135. The lowest BCUT2D eigenvalue weighted by Gasteiger charge is -2.32. The van der Waals surface area contributed by atoms with Crippen molar-refractivity contribution in [1.29, 1.82) is 0 Å². The van der Waals surface area contributed by atoms with Crippen LogP contribution < -0.4 is 10.2 Å².